The number of benzene rings is 2. The van der Waals surface area contributed by atoms with Gasteiger partial charge in [0.1, 0.15) is 11.6 Å². The quantitative estimate of drug-likeness (QED) is 0.866. The standard InChI is InChI=1S/C17H20FNO/c1-13(15-6-4-7-16(18)12-15)19-10-9-14-5-3-8-17(11-14)20-2/h3-8,11-13,19H,9-10H2,1-2H3. The van der Waals surface area contributed by atoms with Gasteiger partial charge in [-0.2, -0.15) is 0 Å². The summed E-state index contributed by atoms with van der Waals surface area (Å²) in [6.45, 7) is 2.88. The number of hydrogen-bond donors (Lipinski definition) is 1. The average Bonchev–Trinajstić information content (AvgIpc) is 2.47. The smallest absolute Gasteiger partial charge is 0.123 e. The zero-order valence-electron chi connectivity index (χ0n) is 11.9. The van der Waals surface area contributed by atoms with E-state index in [0.29, 0.717) is 0 Å². The minimum Gasteiger partial charge on any atom is -0.497 e. The van der Waals surface area contributed by atoms with Crippen molar-refractivity contribution in [2.75, 3.05) is 13.7 Å². The van der Waals surface area contributed by atoms with Crippen LogP contribution < -0.4 is 10.1 Å². The van der Waals surface area contributed by atoms with Crippen LogP contribution in [0.25, 0.3) is 0 Å². The van der Waals surface area contributed by atoms with E-state index < -0.39 is 0 Å². The van der Waals surface area contributed by atoms with E-state index in [1.165, 1.54) is 11.6 Å². The van der Waals surface area contributed by atoms with Gasteiger partial charge in [-0.05, 0) is 55.3 Å². The average molecular weight is 273 g/mol. The molecule has 1 unspecified atom stereocenters. The van der Waals surface area contributed by atoms with Gasteiger partial charge in [-0.3, -0.25) is 0 Å². The molecular formula is C17H20FNO. The summed E-state index contributed by atoms with van der Waals surface area (Å²) in [4.78, 5) is 0. The van der Waals surface area contributed by atoms with E-state index in [-0.39, 0.29) is 11.9 Å². The van der Waals surface area contributed by atoms with E-state index in [4.69, 9.17) is 4.74 Å². The predicted molar refractivity (Wildman–Crippen MR) is 79.5 cm³/mol. The molecular weight excluding hydrogens is 253 g/mol. The molecule has 2 aromatic rings. The summed E-state index contributed by atoms with van der Waals surface area (Å²) in [6.07, 6.45) is 0.914. The number of ether oxygens (including phenoxy) is 1. The van der Waals surface area contributed by atoms with Gasteiger partial charge in [0.15, 0.2) is 0 Å². The molecule has 0 aliphatic rings. The van der Waals surface area contributed by atoms with Gasteiger partial charge in [0.2, 0.25) is 0 Å². The van der Waals surface area contributed by atoms with Crippen LogP contribution in [0.15, 0.2) is 48.5 Å². The molecule has 0 fully saturated rings. The Morgan fingerprint density at radius 2 is 1.95 bits per heavy atom. The highest BCUT2D eigenvalue weighted by Gasteiger charge is 2.05. The van der Waals surface area contributed by atoms with Gasteiger partial charge in [-0.1, -0.05) is 24.3 Å². The zero-order chi connectivity index (χ0) is 14.4. The fourth-order valence-corrected chi connectivity index (χ4v) is 2.15. The molecule has 1 N–H and O–H groups in total. The lowest BCUT2D eigenvalue weighted by Crippen LogP contribution is -2.21. The fraction of sp³-hybridized carbons (Fsp3) is 0.294. The number of hydrogen-bond acceptors (Lipinski definition) is 2. The van der Waals surface area contributed by atoms with Crippen LogP contribution in [0.4, 0.5) is 4.39 Å². The Balaban J connectivity index is 1.86. The van der Waals surface area contributed by atoms with E-state index in [9.17, 15) is 4.39 Å². The number of nitrogens with one attached hydrogen (secondary N) is 1. The molecule has 0 aliphatic carbocycles. The second kappa shape index (κ2) is 7.06. The zero-order valence-corrected chi connectivity index (χ0v) is 11.9. The van der Waals surface area contributed by atoms with Gasteiger partial charge < -0.3 is 10.1 Å². The van der Waals surface area contributed by atoms with Crippen molar-refractivity contribution in [3.63, 3.8) is 0 Å². The first-order valence-corrected chi connectivity index (χ1v) is 6.81. The Morgan fingerprint density at radius 3 is 2.70 bits per heavy atom. The monoisotopic (exact) mass is 273 g/mol. The molecule has 0 spiro atoms. The molecule has 0 saturated carbocycles. The maximum atomic E-state index is 13.2. The Hall–Kier alpha value is -1.87. The van der Waals surface area contributed by atoms with Crippen LogP contribution in [0.2, 0.25) is 0 Å². The molecule has 1 atom stereocenters. The lowest BCUT2D eigenvalue weighted by Gasteiger charge is -2.14. The third-order valence-corrected chi connectivity index (χ3v) is 3.35. The van der Waals surface area contributed by atoms with Crippen molar-refractivity contribution in [3.8, 4) is 5.75 Å². The predicted octanol–water partition coefficient (Wildman–Crippen LogP) is 3.73. The van der Waals surface area contributed by atoms with Crippen LogP contribution in [0.5, 0.6) is 5.75 Å². The number of rotatable bonds is 6. The van der Waals surface area contributed by atoms with Crippen LogP contribution >= 0.6 is 0 Å². The minimum absolute atomic E-state index is 0.135. The minimum atomic E-state index is -0.191. The third-order valence-electron chi connectivity index (χ3n) is 3.35. The van der Waals surface area contributed by atoms with Crippen LogP contribution in [0, 0.1) is 5.82 Å². The van der Waals surface area contributed by atoms with E-state index in [0.717, 1.165) is 24.3 Å². The summed E-state index contributed by atoms with van der Waals surface area (Å²) in [5.41, 5.74) is 2.19. The molecule has 0 radical (unpaired) electrons. The van der Waals surface area contributed by atoms with Crippen molar-refractivity contribution >= 4 is 0 Å². The lowest BCUT2D eigenvalue weighted by atomic mass is 10.1. The van der Waals surface area contributed by atoms with Gasteiger partial charge >= 0.3 is 0 Å². The highest BCUT2D eigenvalue weighted by Crippen LogP contribution is 2.15. The molecule has 0 saturated heterocycles. The maximum absolute atomic E-state index is 13.2. The van der Waals surface area contributed by atoms with Crippen LogP contribution in [-0.2, 0) is 6.42 Å². The molecule has 0 aliphatic heterocycles. The van der Waals surface area contributed by atoms with Crippen molar-refractivity contribution in [3.05, 3.63) is 65.5 Å². The number of methoxy groups -OCH3 is 1. The molecule has 2 nitrogen and oxygen atoms in total. The van der Waals surface area contributed by atoms with Gasteiger partial charge in [0, 0.05) is 6.04 Å². The lowest BCUT2D eigenvalue weighted by molar-refractivity contribution is 0.414. The number of halogens is 1. The third kappa shape index (κ3) is 4.07. The highest BCUT2D eigenvalue weighted by atomic mass is 19.1. The summed E-state index contributed by atoms with van der Waals surface area (Å²) in [5.74, 6) is 0.685. The van der Waals surface area contributed by atoms with Crippen LogP contribution in [0.1, 0.15) is 24.1 Å². The Bertz CT molecular complexity index is 556. The second-order valence-corrected chi connectivity index (χ2v) is 4.83. The van der Waals surface area contributed by atoms with E-state index >= 15 is 0 Å². The normalized spacial score (nSPS) is 12.2. The fourth-order valence-electron chi connectivity index (χ4n) is 2.15. The van der Waals surface area contributed by atoms with Gasteiger partial charge in [0.05, 0.1) is 7.11 Å². The molecule has 20 heavy (non-hydrogen) atoms. The summed E-state index contributed by atoms with van der Waals surface area (Å²) in [5, 5.41) is 3.40. The summed E-state index contributed by atoms with van der Waals surface area (Å²) < 4.78 is 18.4. The van der Waals surface area contributed by atoms with Crippen molar-refractivity contribution in [1.29, 1.82) is 0 Å². The first-order valence-electron chi connectivity index (χ1n) is 6.81. The van der Waals surface area contributed by atoms with Crippen molar-refractivity contribution < 1.29 is 9.13 Å². The van der Waals surface area contributed by atoms with E-state index in [2.05, 4.69) is 11.4 Å². The highest BCUT2D eigenvalue weighted by molar-refractivity contribution is 5.28. The van der Waals surface area contributed by atoms with Gasteiger partial charge in [0.25, 0.3) is 0 Å². The maximum Gasteiger partial charge on any atom is 0.123 e. The Labute approximate surface area is 119 Å². The molecule has 2 aromatic carbocycles. The van der Waals surface area contributed by atoms with Crippen molar-refractivity contribution in [2.24, 2.45) is 0 Å². The second-order valence-electron chi connectivity index (χ2n) is 4.83. The topological polar surface area (TPSA) is 21.3 Å². The molecule has 3 heteroatoms. The van der Waals surface area contributed by atoms with Crippen LogP contribution in [-0.4, -0.2) is 13.7 Å². The first-order chi connectivity index (χ1) is 9.69. The summed E-state index contributed by atoms with van der Waals surface area (Å²) in [6, 6.07) is 14.9. The Morgan fingerprint density at radius 1 is 1.15 bits per heavy atom. The van der Waals surface area contributed by atoms with E-state index in [1.807, 2.05) is 31.2 Å². The Kier molecular flexibility index (Phi) is 5.13. The van der Waals surface area contributed by atoms with Gasteiger partial charge in [-0.15, -0.1) is 0 Å². The molecule has 0 aromatic heterocycles. The van der Waals surface area contributed by atoms with Crippen molar-refractivity contribution in [1.82, 2.24) is 5.32 Å². The van der Waals surface area contributed by atoms with Crippen molar-refractivity contribution in [2.45, 2.75) is 19.4 Å². The summed E-state index contributed by atoms with van der Waals surface area (Å²) >= 11 is 0. The van der Waals surface area contributed by atoms with Crippen LogP contribution in [0.3, 0.4) is 0 Å². The largest absolute Gasteiger partial charge is 0.497 e. The SMILES string of the molecule is COc1cccc(CCNC(C)c2cccc(F)c2)c1. The van der Waals surface area contributed by atoms with Gasteiger partial charge in [-0.25, -0.2) is 4.39 Å². The molecule has 0 amide bonds. The van der Waals surface area contributed by atoms with E-state index in [1.54, 1.807) is 19.2 Å². The molecule has 106 valence electrons. The summed E-state index contributed by atoms with van der Waals surface area (Å²) in [7, 11) is 1.67. The molecule has 0 heterocycles. The molecule has 2 rings (SSSR count). The first kappa shape index (κ1) is 14.5. The molecule has 0 bridgehead atoms.